The van der Waals surface area contributed by atoms with Gasteiger partial charge >= 0.3 is 0 Å². The second-order valence-corrected chi connectivity index (χ2v) is 11.6. The molecule has 9 heteroatoms. The van der Waals surface area contributed by atoms with Crippen molar-refractivity contribution in [2.24, 2.45) is 0 Å². The molecule has 1 amide bonds. The standard InChI is InChI=1S/C34H40ClN3O4.ClH/c1-41-24-15-17-31-27(21-24)30(39)22-32(42-31)34(40)37-19-11-7-5-3-2-4-6-10-18-36-33-25-12-8-9-13-28(25)38-29-20-23(35)14-16-26(29)33;/h14-17,20-22H,2-13,18-19H2,1H3,(H,36,38)(H,37,40);1H. The molecule has 7 nitrogen and oxygen atoms in total. The predicted molar refractivity (Wildman–Crippen MR) is 177 cm³/mol. The van der Waals surface area contributed by atoms with E-state index in [-0.39, 0.29) is 29.5 Å². The summed E-state index contributed by atoms with van der Waals surface area (Å²) in [5, 5.41) is 8.93. The molecule has 0 saturated carbocycles. The molecule has 0 saturated heterocycles. The van der Waals surface area contributed by atoms with Crippen LogP contribution in [0.4, 0.5) is 5.69 Å². The van der Waals surface area contributed by atoms with Crippen LogP contribution in [0.25, 0.3) is 21.9 Å². The summed E-state index contributed by atoms with van der Waals surface area (Å²) in [6.07, 6.45) is 13.7. The van der Waals surface area contributed by atoms with Crippen LogP contribution < -0.4 is 20.8 Å². The van der Waals surface area contributed by atoms with Gasteiger partial charge in [0.05, 0.1) is 18.0 Å². The average Bonchev–Trinajstić information content (AvgIpc) is 3.00. The van der Waals surface area contributed by atoms with E-state index in [4.69, 9.17) is 25.7 Å². The van der Waals surface area contributed by atoms with E-state index in [1.165, 1.54) is 74.0 Å². The number of carbonyl (C=O) groups excluding carboxylic acids is 1. The number of ether oxygens (including phenoxy) is 1. The third-order valence-electron chi connectivity index (χ3n) is 8.07. The normalized spacial score (nSPS) is 12.5. The number of hydrogen-bond donors (Lipinski definition) is 2. The van der Waals surface area contributed by atoms with Gasteiger partial charge in [-0.3, -0.25) is 14.6 Å². The summed E-state index contributed by atoms with van der Waals surface area (Å²) in [6.45, 7) is 1.54. The first-order chi connectivity index (χ1) is 20.5. The lowest BCUT2D eigenvalue weighted by Crippen LogP contribution is -2.25. The van der Waals surface area contributed by atoms with Gasteiger partial charge in [-0.15, -0.1) is 12.4 Å². The minimum atomic E-state index is -0.359. The van der Waals surface area contributed by atoms with E-state index in [9.17, 15) is 9.59 Å². The van der Waals surface area contributed by atoms with Crippen molar-refractivity contribution in [1.82, 2.24) is 10.3 Å². The first kappa shape index (κ1) is 32.6. The molecule has 230 valence electrons. The number of carbonyl (C=O) groups is 1. The molecule has 0 unspecified atom stereocenters. The maximum Gasteiger partial charge on any atom is 0.287 e. The van der Waals surface area contributed by atoms with E-state index < -0.39 is 0 Å². The van der Waals surface area contributed by atoms with Crippen molar-refractivity contribution in [2.45, 2.75) is 77.0 Å². The van der Waals surface area contributed by atoms with Crippen LogP contribution in [0.15, 0.2) is 51.7 Å². The Morgan fingerprint density at radius 2 is 1.63 bits per heavy atom. The summed E-state index contributed by atoms with van der Waals surface area (Å²) in [5.41, 5.74) is 5.01. The Balaban J connectivity index is 0.00000423. The smallest absolute Gasteiger partial charge is 0.287 e. The number of fused-ring (bicyclic) bond motifs is 3. The zero-order chi connectivity index (χ0) is 29.3. The van der Waals surface area contributed by atoms with E-state index in [1.54, 1.807) is 18.2 Å². The molecule has 2 aromatic heterocycles. The van der Waals surface area contributed by atoms with Gasteiger partial charge in [0, 0.05) is 40.9 Å². The van der Waals surface area contributed by atoms with Crippen LogP contribution in [0.5, 0.6) is 5.75 Å². The number of aromatic nitrogens is 1. The van der Waals surface area contributed by atoms with Crippen LogP contribution in [0.3, 0.4) is 0 Å². The lowest BCUT2D eigenvalue weighted by atomic mass is 9.92. The highest BCUT2D eigenvalue weighted by Crippen LogP contribution is 2.34. The molecule has 2 heterocycles. The van der Waals surface area contributed by atoms with Crippen LogP contribution in [-0.2, 0) is 12.8 Å². The first-order valence-electron chi connectivity index (χ1n) is 15.3. The molecule has 0 fully saturated rings. The third-order valence-corrected chi connectivity index (χ3v) is 8.31. The van der Waals surface area contributed by atoms with Crippen molar-refractivity contribution in [3.05, 3.63) is 74.7 Å². The molecule has 0 spiro atoms. The molecule has 1 aliphatic carbocycles. The molecule has 1 aliphatic rings. The molecule has 2 aromatic carbocycles. The van der Waals surface area contributed by atoms with Gasteiger partial charge in [-0.25, -0.2) is 0 Å². The number of anilines is 1. The monoisotopic (exact) mass is 625 g/mol. The lowest BCUT2D eigenvalue weighted by molar-refractivity contribution is 0.0925. The molecule has 4 aromatic rings. The number of aryl methyl sites for hydroxylation is 1. The number of rotatable bonds is 14. The minimum Gasteiger partial charge on any atom is -0.497 e. The Morgan fingerprint density at radius 1 is 0.907 bits per heavy atom. The molecule has 5 rings (SSSR count). The molecule has 2 N–H and O–H groups in total. The fraction of sp³-hybridized carbons (Fsp3) is 0.441. The lowest BCUT2D eigenvalue weighted by Gasteiger charge is -2.22. The molecule has 0 bridgehead atoms. The second kappa shape index (κ2) is 16.0. The van der Waals surface area contributed by atoms with E-state index in [0.29, 0.717) is 23.3 Å². The maximum absolute atomic E-state index is 12.5. The van der Waals surface area contributed by atoms with Gasteiger partial charge in [-0.05, 0) is 80.5 Å². The first-order valence-corrected chi connectivity index (χ1v) is 15.7. The third kappa shape index (κ3) is 8.42. The summed E-state index contributed by atoms with van der Waals surface area (Å²) < 4.78 is 10.8. The van der Waals surface area contributed by atoms with Crippen molar-refractivity contribution in [3.8, 4) is 5.75 Å². The number of benzene rings is 2. The van der Waals surface area contributed by atoms with Crippen molar-refractivity contribution in [2.75, 3.05) is 25.5 Å². The van der Waals surface area contributed by atoms with Crippen LogP contribution in [-0.4, -0.2) is 31.1 Å². The van der Waals surface area contributed by atoms with Gasteiger partial charge in [-0.2, -0.15) is 0 Å². The van der Waals surface area contributed by atoms with Crippen LogP contribution in [0, 0.1) is 0 Å². The highest BCUT2D eigenvalue weighted by molar-refractivity contribution is 6.31. The van der Waals surface area contributed by atoms with E-state index in [1.807, 2.05) is 12.1 Å². The summed E-state index contributed by atoms with van der Waals surface area (Å²) in [7, 11) is 1.54. The van der Waals surface area contributed by atoms with Gasteiger partial charge in [0.2, 0.25) is 0 Å². The quantitative estimate of drug-likeness (QED) is 0.137. The predicted octanol–water partition coefficient (Wildman–Crippen LogP) is 8.27. The molecule has 0 atom stereocenters. The number of hydrogen-bond acceptors (Lipinski definition) is 6. The molecule has 0 radical (unpaired) electrons. The number of nitrogens with zero attached hydrogens (tertiary/aromatic N) is 1. The molecular weight excluding hydrogens is 585 g/mol. The number of unbranched alkanes of at least 4 members (excludes halogenated alkanes) is 7. The van der Waals surface area contributed by atoms with E-state index >= 15 is 0 Å². The highest BCUT2D eigenvalue weighted by Gasteiger charge is 2.18. The SMILES string of the molecule is COc1ccc2oc(C(=O)NCCCCCCCCCCNc3c4c(nc5cc(Cl)ccc35)CCCC4)cc(=O)c2c1.Cl. The van der Waals surface area contributed by atoms with E-state index in [2.05, 4.69) is 16.7 Å². The van der Waals surface area contributed by atoms with Gasteiger partial charge in [0.15, 0.2) is 11.2 Å². The number of methoxy groups -OCH3 is 1. The minimum absolute atomic E-state index is 0. The fourth-order valence-electron chi connectivity index (χ4n) is 5.79. The van der Waals surface area contributed by atoms with Gasteiger partial charge in [0.1, 0.15) is 11.3 Å². The number of amides is 1. The van der Waals surface area contributed by atoms with Gasteiger partial charge in [0.25, 0.3) is 5.91 Å². The summed E-state index contributed by atoms with van der Waals surface area (Å²) in [5.74, 6) is 0.249. The summed E-state index contributed by atoms with van der Waals surface area (Å²) >= 11 is 6.25. The average molecular weight is 627 g/mol. The molecule has 0 aliphatic heterocycles. The fourth-order valence-corrected chi connectivity index (χ4v) is 5.95. The van der Waals surface area contributed by atoms with Crippen molar-refractivity contribution in [3.63, 3.8) is 0 Å². The van der Waals surface area contributed by atoms with Crippen LogP contribution in [0.1, 0.15) is 86.0 Å². The Bertz CT molecular complexity index is 1600. The zero-order valence-electron chi connectivity index (χ0n) is 24.8. The Kier molecular flexibility index (Phi) is 12.1. The topological polar surface area (TPSA) is 93.5 Å². The number of nitrogens with one attached hydrogen (secondary N) is 2. The molecule has 43 heavy (non-hydrogen) atoms. The van der Waals surface area contributed by atoms with Crippen LogP contribution >= 0.6 is 24.0 Å². The highest BCUT2D eigenvalue weighted by atomic mass is 35.5. The summed E-state index contributed by atoms with van der Waals surface area (Å²) in [4.78, 5) is 29.8. The largest absolute Gasteiger partial charge is 0.497 e. The molecular formula is C34H41Cl2N3O4. The second-order valence-electron chi connectivity index (χ2n) is 11.1. The zero-order valence-corrected chi connectivity index (χ0v) is 26.4. The van der Waals surface area contributed by atoms with Crippen LogP contribution in [0.2, 0.25) is 5.02 Å². The van der Waals surface area contributed by atoms with Gasteiger partial charge < -0.3 is 19.8 Å². The Morgan fingerprint density at radius 3 is 2.40 bits per heavy atom. The Labute approximate surface area is 264 Å². The number of pyridine rings is 1. The Hall–Kier alpha value is -3.29. The maximum atomic E-state index is 12.5. The van der Waals surface area contributed by atoms with Crippen molar-refractivity contribution in [1.29, 1.82) is 0 Å². The van der Waals surface area contributed by atoms with Gasteiger partial charge in [-0.1, -0.05) is 50.1 Å². The van der Waals surface area contributed by atoms with Crippen molar-refractivity contribution < 1.29 is 13.9 Å². The van der Waals surface area contributed by atoms with E-state index in [0.717, 1.165) is 55.6 Å². The van der Waals surface area contributed by atoms with Crippen molar-refractivity contribution >= 4 is 57.5 Å². The number of halogens is 2. The summed E-state index contributed by atoms with van der Waals surface area (Å²) in [6, 6.07) is 12.3.